The van der Waals surface area contributed by atoms with Gasteiger partial charge in [-0.2, -0.15) is 0 Å². The monoisotopic (exact) mass is 444 g/mol. The first-order chi connectivity index (χ1) is 14.7. The SMILES string of the molecule is Cn1cc2c(c1C(O)Nc1ccc(F)c(F)c1)C=C[C@@H](Cc1ccccc1)NS2(=N)=O. The van der Waals surface area contributed by atoms with Crippen molar-refractivity contribution >= 4 is 21.7 Å². The number of rotatable bonds is 5. The van der Waals surface area contributed by atoms with Crippen molar-refractivity contribution in [2.24, 2.45) is 7.05 Å². The van der Waals surface area contributed by atoms with Gasteiger partial charge in [-0.25, -0.2) is 22.5 Å². The fraction of sp³-hybridized carbons (Fsp3) is 0.182. The average molecular weight is 445 g/mol. The molecule has 31 heavy (non-hydrogen) atoms. The van der Waals surface area contributed by atoms with Crippen LogP contribution in [-0.4, -0.2) is 19.9 Å². The summed E-state index contributed by atoms with van der Waals surface area (Å²) in [7, 11) is -1.69. The number of anilines is 1. The number of hydrogen-bond donors (Lipinski definition) is 4. The maximum absolute atomic E-state index is 13.5. The highest BCUT2D eigenvalue weighted by Crippen LogP contribution is 2.31. The first-order valence-corrected chi connectivity index (χ1v) is 11.2. The Bertz CT molecular complexity index is 1240. The maximum atomic E-state index is 13.5. The molecule has 1 aromatic heterocycles. The molecule has 0 aliphatic carbocycles. The third-order valence-electron chi connectivity index (χ3n) is 5.13. The third kappa shape index (κ3) is 4.39. The molecule has 0 bridgehead atoms. The first kappa shape index (κ1) is 21.2. The minimum absolute atomic E-state index is 0.186. The van der Waals surface area contributed by atoms with Crippen LogP contribution in [0.25, 0.3) is 6.08 Å². The summed E-state index contributed by atoms with van der Waals surface area (Å²) in [6.07, 6.45) is 4.35. The Morgan fingerprint density at radius 1 is 1.23 bits per heavy atom. The predicted octanol–water partition coefficient (Wildman–Crippen LogP) is 3.95. The third-order valence-corrected chi connectivity index (χ3v) is 6.71. The first-order valence-electron chi connectivity index (χ1n) is 9.61. The van der Waals surface area contributed by atoms with Gasteiger partial charge in [0.1, 0.15) is 9.92 Å². The number of hydrogen-bond acceptors (Lipinski definition) is 4. The Morgan fingerprint density at radius 3 is 2.68 bits per heavy atom. The van der Waals surface area contributed by atoms with E-state index < -0.39 is 27.8 Å². The van der Waals surface area contributed by atoms with E-state index in [9.17, 15) is 18.1 Å². The van der Waals surface area contributed by atoms with E-state index in [4.69, 9.17) is 4.78 Å². The van der Waals surface area contributed by atoms with Gasteiger partial charge in [0.15, 0.2) is 17.9 Å². The van der Waals surface area contributed by atoms with Crippen molar-refractivity contribution in [2.75, 3.05) is 5.32 Å². The van der Waals surface area contributed by atoms with Crippen molar-refractivity contribution in [3.05, 3.63) is 89.3 Å². The number of nitrogens with zero attached hydrogens (tertiary/aromatic N) is 1. The molecule has 3 atom stereocenters. The van der Waals surface area contributed by atoms with Gasteiger partial charge in [-0.15, -0.1) is 0 Å². The second-order valence-corrected chi connectivity index (χ2v) is 9.20. The van der Waals surface area contributed by atoms with Crippen LogP contribution in [0, 0.1) is 16.4 Å². The zero-order valence-corrected chi connectivity index (χ0v) is 17.5. The summed E-state index contributed by atoms with van der Waals surface area (Å²) in [6.45, 7) is 0. The lowest BCUT2D eigenvalue weighted by Gasteiger charge is -2.17. The van der Waals surface area contributed by atoms with Gasteiger partial charge in [-0.3, -0.25) is 0 Å². The molecule has 2 heterocycles. The van der Waals surface area contributed by atoms with Gasteiger partial charge in [-0.05, 0) is 24.1 Å². The van der Waals surface area contributed by atoms with E-state index in [1.807, 2.05) is 36.4 Å². The minimum atomic E-state index is -3.35. The van der Waals surface area contributed by atoms with Crippen LogP contribution in [0.4, 0.5) is 14.5 Å². The van der Waals surface area contributed by atoms with E-state index in [-0.39, 0.29) is 16.6 Å². The summed E-state index contributed by atoms with van der Waals surface area (Å²) in [6, 6.07) is 12.5. The Balaban J connectivity index is 1.66. The normalized spacial score (nSPS) is 21.4. The van der Waals surface area contributed by atoms with Gasteiger partial charge in [0, 0.05) is 36.6 Å². The van der Waals surface area contributed by atoms with Crippen molar-refractivity contribution in [2.45, 2.75) is 23.6 Å². The molecule has 4 rings (SSSR count). The van der Waals surface area contributed by atoms with Gasteiger partial charge >= 0.3 is 0 Å². The quantitative estimate of drug-likeness (QED) is 0.449. The molecule has 0 saturated carbocycles. The fourth-order valence-electron chi connectivity index (χ4n) is 3.69. The van der Waals surface area contributed by atoms with Gasteiger partial charge in [-0.1, -0.05) is 42.5 Å². The van der Waals surface area contributed by atoms with E-state index >= 15 is 0 Å². The van der Waals surface area contributed by atoms with Gasteiger partial charge in [0.2, 0.25) is 0 Å². The molecule has 0 radical (unpaired) electrons. The van der Waals surface area contributed by atoms with E-state index in [1.54, 1.807) is 23.9 Å². The number of aryl methyl sites for hydroxylation is 1. The summed E-state index contributed by atoms with van der Waals surface area (Å²) in [4.78, 5) is 0.253. The number of nitrogens with one attached hydrogen (secondary N) is 3. The maximum Gasteiger partial charge on any atom is 0.166 e. The lowest BCUT2D eigenvalue weighted by atomic mass is 10.1. The van der Waals surface area contributed by atoms with Crippen molar-refractivity contribution in [3.8, 4) is 0 Å². The summed E-state index contributed by atoms with van der Waals surface area (Å²) in [5, 5.41) is 13.5. The second kappa shape index (κ2) is 8.26. The van der Waals surface area contributed by atoms with Gasteiger partial charge in [0.05, 0.1) is 10.6 Å². The van der Waals surface area contributed by atoms with Crippen molar-refractivity contribution in [1.29, 1.82) is 4.78 Å². The number of fused-ring (bicyclic) bond motifs is 1. The standard InChI is InChI=1S/C22H22F2N4O2S/c1-28-13-20-17(21(28)22(29)26-15-8-10-18(23)19(24)12-15)9-7-16(27-31(20,25)30)11-14-5-3-2-4-6-14/h2-10,12-13,16,22,26,29H,11H2,1H3,(H2,25,27,30)/t16-,22?,31?/m0/s1. The molecule has 0 spiro atoms. The Kier molecular flexibility index (Phi) is 5.65. The van der Waals surface area contributed by atoms with Crippen molar-refractivity contribution < 1.29 is 18.1 Å². The van der Waals surface area contributed by atoms with Crippen molar-refractivity contribution in [3.63, 3.8) is 0 Å². The van der Waals surface area contributed by atoms with Crippen LogP contribution < -0.4 is 10.0 Å². The fourth-order valence-corrected chi connectivity index (χ4v) is 5.19. The molecule has 2 unspecified atom stereocenters. The predicted molar refractivity (Wildman–Crippen MR) is 116 cm³/mol. The molecule has 4 N–H and O–H groups in total. The number of benzene rings is 2. The van der Waals surface area contributed by atoms with Crippen molar-refractivity contribution in [1.82, 2.24) is 9.29 Å². The van der Waals surface area contributed by atoms with Crippen LogP contribution in [0.2, 0.25) is 0 Å². The number of aliphatic hydroxyl groups is 1. The summed E-state index contributed by atoms with van der Waals surface area (Å²) >= 11 is 0. The Hall–Kier alpha value is -3.01. The van der Waals surface area contributed by atoms with E-state index in [2.05, 4.69) is 10.0 Å². The van der Waals surface area contributed by atoms with Crippen LogP contribution >= 0.6 is 0 Å². The van der Waals surface area contributed by atoms with Crippen LogP contribution in [0.3, 0.4) is 0 Å². The Morgan fingerprint density at radius 2 is 1.97 bits per heavy atom. The van der Waals surface area contributed by atoms with Crippen LogP contribution in [-0.2, 0) is 23.4 Å². The molecular formula is C22H22F2N4O2S. The second-order valence-electron chi connectivity index (χ2n) is 7.41. The lowest BCUT2D eigenvalue weighted by molar-refractivity contribution is 0.199. The van der Waals surface area contributed by atoms with E-state index in [0.29, 0.717) is 17.7 Å². The molecule has 0 fully saturated rings. The molecule has 6 nitrogen and oxygen atoms in total. The number of aromatic nitrogens is 1. The van der Waals surface area contributed by atoms with Crippen LogP contribution in [0.15, 0.2) is 65.7 Å². The molecule has 1 aliphatic rings. The van der Waals surface area contributed by atoms with Gasteiger partial charge in [0.25, 0.3) is 0 Å². The minimum Gasteiger partial charge on any atom is -0.368 e. The van der Waals surface area contributed by atoms with E-state index in [0.717, 1.165) is 17.7 Å². The molecule has 162 valence electrons. The summed E-state index contributed by atoms with van der Waals surface area (Å²) in [5.41, 5.74) is 2.03. The lowest BCUT2D eigenvalue weighted by Crippen LogP contribution is -2.33. The van der Waals surface area contributed by atoms with Crippen LogP contribution in [0.5, 0.6) is 0 Å². The smallest absolute Gasteiger partial charge is 0.166 e. The van der Waals surface area contributed by atoms with Crippen LogP contribution in [0.1, 0.15) is 23.0 Å². The largest absolute Gasteiger partial charge is 0.368 e. The molecule has 3 aromatic rings. The average Bonchev–Trinajstić information content (AvgIpc) is 3.01. The topological polar surface area (TPSA) is 90.1 Å². The molecule has 1 aliphatic heterocycles. The highest BCUT2D eigenvalue weighted by Gasteiger charge is 2.28. The highest BCUT2D eigenvalue weighted by molar-refractivity contribution is 7.90. The number of halogens is 2. The number of aliphatic hydroxyl groups excluding tert-OH is 1. The zero-order chi connectivity index (χ0) is 22.2. The molecule has 0 saturated heterocycles. The highest BCUT2D eigenvalue weighted by atomic mass is 32.2. The Labute approximate surface area is 179 Å². The molecular weight excluding hydrogens is 422 g/mol. The van der Waals surface area contributed by atoms with E-state index in [1.165, 1.54) is 6.07 Å². The summed E-state index contributed by atoms with van der Waals surface area (Å²) in [5.74, 6) is -2.02. The molecule has 2 aromatic carbocycles. The zero-order valence-electron chi connectivity index (χ0n) is 16.7. The molecule has 0 amide bonds. The summed E-state index contributed by atoms with van der Waals surface area (Å²) < 4.78 is 52.8. The molecule has 9 heteroatoms. The van der Waals surface area contributed by atoms with Gasteiger partial charge < -0.3 is 15.0 Å².